The minimum Gasteiger partial charge on any atom is -0.394 e. The first kappa shape index (κ1) is 15.5. The fourth-order valence-electron chi connectivity index (χ4n) is 2.11. The molecule has 0 saturated heterocycles. The lowest BCUT2D eigenvalue weighted by atomic mass is 9.96. The molecule has 0 spiro atoms. The Morgan fingerprint density at radius 3 is 2.61 bits per heavy atom. The first-order valence-electron chi connectivity index (χ1n) is 6.25. The molecule has 0 bridgehead atoms. The van der Waals surface area contributed by atoms with Gasteiger partial charge in [-0.1, -0.05) is 32.5 Å². The zero-order chi connectivity index (χ0) is 13.8. The van der Waals surface area contributed by atoms with E-state index in [-0.39, 0.29) is 12.1 Å². The lowest BCUT2D eigenvalue weighted by Gasteiger charge is -2.33. The number of nitrogens with zero attached hydrogens (tertiary/aromatic N) is 3. The second-order valence-corrected chi connectivity index (χ2v) is 6.72. The Labute approximate surface area is 113 Å². The van der Waals surface area contributed by atoms with Gasteiger partial charge in [0.25, 0.3) is 0 Å². The monoisotopic (exact) mass is 272 g/mol. The minimum absolute atomic E-state index is 0.134. The minimum atomic E-state index is -0.251. The Kier molecular flexibility index (Phi) is 5.62. The van der Waals surface area contributed by atoms with Crippen molar-refractivity contribution in [2.75, 3.05) is 6.61 Å². The van der Waals surface area contributed by atoms with Crippen molar-refractivity contribution in [3.8, 4) is 0 Å². The number of aromatic nitrogens is 3. The van der Waals surface area contributed by atoms with E-state index in [4.69, 9.17) is 0 Å². The summed E-state index contributed by atoms with van der Waals surface area (Å²) in [6.07, 6.45) is 2.44. The summed E-state index contributed by atoms with van der Waals surface area (Å²) in [5, 5.41) is 18.3. The van der Waals surface area contributed by atoms with Crippen LogP contribution >= 0.6 is 11.8 Å². The highest BCUT2D eigenvalue weighted by Crippen LogP contribution is 2.26. The Morgan fingerprint density at radius 1 is 1.50 bits per heavy atom. The quantitative estimate of drug-likeness (QED) is 0.735. The molecule has 0 aliphatic rings. The van der Waals surface area contributed by atoms with Crippen molar-refractivity contribution >= 4 is 11.8 Å². The molecule has 0 fully saturated rings. The van der Waals surface area contributed by atoms with Gasteiger partial charge in [0, 0.05) is 23.9 Å². The summed E-state index contributed by atoms with van der Waals surface area (Å²) in [4.78, 5) is 4.20. The molecule has 0 aliphatic heterocycles. The lowest BCUT2D eigenvalue weighted by molar-refractivity contribution is 0.157. The molecule has 2 N–H and O–H groups in total. The van der Waals surface area contributed by atoms with Crippen LogP contribution in [-0.2, 0) is 7.05 Å². The number of aliphatic hydroxyl groups is 1. The van der Waals surface area contributed by atoms with Crippen molar-refractivity contribution in [3.63, 3.8) is 0 Å². The Bertz CT molecular complexity index is 369. The highest BCUT2D eigenvalue weighted by Gasteiger charge is 2.27. The first-order chi connectivity index (χ1) is 8.36. The Hall–Kier alpha value is -0.590. The molecule has 2 atom stereocenters. The summed E-state index contributed by atoms with van der Waals surface area (Å²) in [5.74, 6) is 0. The van der Waals surface area contributed by atoms with E-state index in [1.54, 1.807) is 22.8 Å². The Balaban J connectivity index is 2.57. The molecule has 1 aromatic heterocycles. The topological polar surface area (TPSA) is 63.0 Å². The molecule has 1 rings (SSSR count). The van der Waals surface area contributed by atoms with E-state index in [0.29, 0.717) is 11.3 Å². The van der Waals surface area contributed by atoms with Gasteiger partial charge in [-0.25, -0.2) is 9.67 Å². The lowest BCUT2D eigenvalue weighted by Crippen LogP contribution is -2.50. The molecule has 6 heteroatoms. The van der Waals surface area contributed by atoms with Crippen LogP contribution in [0.5, 0.6) is 0 Å². The number of hydrogen-bond donors (Lipinski definition) is 2. The van der Waals surface area contributed by atoms with Crippen LogP contribution < -0.4 is 5.32 Å². The maximum Gasteiger partial charge on any atom is 0.186 e. The van der Waals surface area contributed by atoms with E-state index in [0.717, 1.165) is 11.6 Å². The summed E-state index contributed by atoms with van der Waals surface area (Å²) in [6.45, 7) is 8.52. The van der Waals surface area contributed by atoms with Gasteiger partial charge in [-0.05, 0) is 13.3 Å². The third kappa shape index (κ3) is 4.59. The molecule has 5 nitrogen and oxygen atoms in total. The second kappa shape index (κ2) is 6.54. The predicted octanol–water partition coefficient (Wildman–Crippen LogP) is 1.43. The summed E-state index contributed by atoms with van der Waals surface area (Å²) in [5.41, 5.74) is -0.251. The van der Waals surface area contributed by atoms with E-state index in [1.165, 1.54) is 0 Å². The summed E-state index contributed by atoms with van der Waals surface area (Å²) < 4.78 is 1.77. The van der Waals surface area contributed by atoms with Gasteiger partial charge in [-0.3, -0.25) is 0 Å². The number of rotatable bonds is 7. The average Bonchev–Trinajstić information content (AvgIpc) is 2.63. The second-order valence-electron chi connectivity index (χ2n) is 5.32. The predicted molar refractivity (Wildman–Crippen MR) is 74.7 cm³/mol. The molecule has 18 heavy (non-hydrogen) atoms. The zero-order valence-corrected chi connectivity index (χ0v) is 12.7. The van der Waals surface area contributed by atoms with Crippen molar-refractivity contribution in [3.05, 3.63) is 6.33 Å². The number of hydrogen-bond acceptors (Lipinski definition) is 5. The number of aryl methyl sites for hydroxylation is 1. The van der Waals surface area contributed by atoms with E-state index in [2.05, 4.69) is 43.1 Å². The molecular formula is C12H24N4OS. The largest absolute Gasteiger partial charge is 0.394 e. The molecule has 0 aromatic carbocycles. The van der Waals surface area contributed by atoms with E-state index < -0.39 is 0 Å². The zero-order valence-electron chi connectivity index (χ0n) is 11.8. The van der Waals surface area contributed by atoms with Crippen LogP contribution in [-0.4, -0.2) is 43.3 Å². The van der Waals surface area contributed by atoms with Gasteiger partial charge in [0.15, 0.2) is 5.16 Å². The van der Waals surface area contributed by atoms with Gasteiger partial charge in [-0.2, -0.15) is 5.10 Å². The number of thioether (sulfide) groups is 1. The molecule has 0 amide bonds. The van der Waals surface area contributed by atoms with Gasteiger partial charge in [0.2, 0.25) is 0 Å². The van der Waals surface area contributed by atoms with Crippen molar-refractivity contribution in [1.82, 2.24) is 20.1 Å². The van der Waals surface area contributed by atoms with Gasteiger partial charge < -0.3 is 10.4 Å². The Morgan fingerprint density at radius 2 is 2.17 bits per heavy atom. The van der Waals surface area contributed by atoms with E-state index in [1.807, 2.05) is 7.05 Å². The maximum absolute atomic E-state index is 9.56. The molecule has 0 saturated carbocycles. The highest BCUT2D eigenvalue weighted by molar-refractivity contribution is 7.99. The van der Waals surface area contributed by atoms with Crippen LogP contribution in [0.2, 0.25) is 0 Å². The van der Waals surface area contributed by atoms with Gasteiger partial charge in [0.05, 0.1) is 6.61 Å². The van der Waals surface area contributed by atoms with E-state index >= 15 is 0 Å². The number of nitrogens with one attached hydrogen (secondary N) is 1. The maximum atomic E-state index is 9.56. The highest BCUT2D eigenvalue weighted by atomic mass is 32.2. The molecule has 1 aromatic rings. The number of aliphatic hydroxyl groups excluding tert-OH is 1. The van der Waals surface area contributed by atoms with E-state index in [9.17, 15) is 5.11 Å². The molecule has 104 valence electrons. The molecule has 1 heterocycles. The third-order valence-electron chi connectivity index (χ3n) is 2.70. The van der Waals surface area contributed by atoms with Gasteiger partial charge in [-0.15, -0.1) is 0 Å². The average molecular weight is 272 g/mol. The van der Waals surface area contributed by atoms with Gasteiger partial charge in [0.1, 0.15) is 6.33 Å². The first-order valence-corrected chi connectivity index (χ1v) is 7.13. The van der Waals surface area contributed by atoms with Crippen LogP contribution in [0.15, 0.2) is 11.5 Å². The molecule has 0 radical (unpaired) electrons. The standard InChI is InChI=1S/C12H24N4OS/c1-9(2)15-12(4,7-17)6-10(3)18-11-13-8-14-16(11)5/h8-10,15,17H,6-7H2,1-5H3. The fourth-order valence-corrected chi connectivity index (χ4v) is 3.23. The van der Waals surface area contributed by atoms with Crippen LogP contribution in [0.1, 0.15) is 34.1 Å². The normalized spacial score (nSPS) is 16.8. The van der Waals surface area contributed by atoms with Crippen molar-refractivity contribution in [2.24, 2.45) is 7.05 Å². The van der Waals surface area contributed by atoms with Crippen LogP contribution in [0.3, 0.4) is 0 Å². The van der Waals surface area contributed by atoms with Crippen LogP contribution in [0, 0.1) is 0 Å². The molecular weight excluding hydrogens is 248 g/mol. The summed E-state index contributed by atoms with van der Waals surface area (Å²) in [7, 11) is 1.89. The SMILES string of the molecule is CC(C)NC(C)(CO)CC(C)Sc1ncnn1C. The third-order valence-corrected chi connectivity index (χ3v) is 3.85. The van der Waals surface area contributed by atoms with Crippen molar-refractivity contribution in [1.29, 1.82) is 0 Å². The molecule has 2 unspecified atom stereocenters. The smallest absolute Gasteiger partial charge is 0.186 e. The van der Waals surface area contributed by atoms with Crippen LogP contribution in [0.4, 0.5) is 0 Å². The summed E-state index contributed by atoms with van der Waals surface area (Å²) >= 11 is 1.68. The summed E-state index contributed by atoms with van der Waals surface area (Å²) in [6, 6.07) is 0.356. The van der Waals surface area contributed by atoms with Crippen molar-refractivity contribution < 1.29 is 5.11 Å². The van der Waals surface area contributed by atoms with Crippen LogP contribution in [0.25, 0.3) is 0 Å². The molecule has 0 aliphatic carbocycles. The fraction of sp³-hybridized carbons (Fsp3) is 0.833. The van der Waals surface area contributed by atoms with Crippen molar-refractivity contribution in [2.45, 2.75) is 56.1 Å². The van der Waals surface area contributed by atoms with Gasteiger partial charge >= 0.3 is 0 Å².